The van der Waals surface area contributed by atoms with Gasteiger partial charge in [-0.1, -0.05) is 0 Å². The highest BCUT2D eigenvalue weighted by Gasteiger charge is 2.26. The van der Waals surface area contributed by atoms with Crippen LogP contribution in [0.25, 0.3) is 5.69 Å². The van der Waals surface area contributed by atoms with Gasteiger partial charge in [0.05, 0.1) is 28.1 Å². The number of halogens is 1. The molecule has 0 fully saturated rings. The number of nitrogens with zero attached hydrogens (tertiary/aromatic N) is 2. The van der Waals surface area contributed by atoms with E-state index >= 15 is 0 Å². The standard InChI is InChI=1S/C19H13FN4O3/c1-10-16(19(27)24(23-10)13-5-2-11(20)3-6-13)9-21-12-4-7-14-15(8-12)18(26)22-17(14)25/h2-9,23H,1H3,(H,22,25,26). The highest BCUT2D eigenvalue weighted by Crippen LogP contribution is 2.22. The summed E-state index contributed by atoms with van der Waals surface area (Å²) < 4.78 is 14.4. The minimum atomic E-state index is -0.469. The van der Waals surface area contributed by atoms with Crippen molar-refractivity contribution in [2.45, 2.75) is 6.92 Å². The quantitative estimate of drug-likeness (QED) is 0.551. The van der Waals surface area contributed by atoms with Gasteiger partial charge in [0.15, 0.2) is 0 Å². The van der Waals surface area contributed by atoms with Crippen LogP contribution >= 0.6 is 0 Å². The molecule has 134 valence electrons. The summed E-state index contributed by atoms with van der Waals surface area (Å²) in [5, 5.41) is 5.13. The Morgan fingerprint density at radius 2 is 1.70 bits per heavy atom. The largest absolute Gasteiger partial charge is 0.295 e. The Morgan fingerprint density at radius 3 is 2.44 bits per heavy atom. The molecule has 2 N–H and O–H groups in total. The van der Waals surface area contributed by atoms with E-state index in [-0.39, 0.29) is 11.1 Å². The predicted octanol–water partition coefficient (Wildman–Crippen LogP) is 2.25. The summed E-state index contributed by atoms with van der Waals surface area (Å²) in [6.07, 6.45) is 1.39. The van der Waals surface area contributed by atoms with Crippen molar-refractivity contribution in [3.63, 3.8) is 0 Å². The Hall–Kier alpha value is -3.81. The molecule has 8 heteroatoms. The van der Waals surface area contributed by atoms with Crippen molar-refractivity contribution in [1.29, 1.82) is 0 Å². The van der Waals surface area contributed by atoms with Crippen molar-refractivity contribution in [2.24, 2.45) is 4.99 Å². The van der Waals surface area contributed by atoms with Gasteiger partial charge in [-0.05, 0) is 49.4 Å². The number of hydrogen-bond donors (Lipinski definition) is 2. The monoisotopic (exact) mass is 364 g/mol. The van der Waals surface area contributed by atoms with E-state index in [9.17, 15) is 18.8 Å². The second-order valence-electron chi connectivity index (χ2n) is 6.04. The van der Waals surface area contributed by atoms with Gasteiger partial charge in [-0.3, -0.25) is 29.8 Å². The molecule has 0 spiro atoms. The van der Waals surface area contributed by atoms with Gasteiger partial charge in [0.1, 0.15) is 5.82 Å². The molecule has 4 rings (SSSR count). The molecule has 2 aromatic carbocycles. The zero-order valence-electron chi connectivity index (χ0n) is 14.1. The lowest BCUT2D eigenvalue weighted by molar-refractivity contribution is 0.0879. The molecule has 0 unspecified atom stereocenters. The van der Waals surface area contributed by atoms with E-state index in [4.69, 9.17) is 0 Å². The lowest BCUT2D eigenvalue weighted by Gasteiger charge is -2.00. The molecule has 27 heavy (non-hydrogen) atoms. The first kappa shape index (κ1) is 16.6. The average Bonchev–Trinajstić information content (AvgIpc) is 3.09. The number of carbonyl (C=O) groups is 2. The number of H-pyrrole nitrogens is 1. The molecule has 3 aromatic rings. The van der Waals surface area contributed by atoms with Crippen LogP contribution in [-0.2, 0) is 0 Å². The Bertz CT molecular complexity index is 1170. The second kappa shape index (κ2) is 6.17. The minimum Gasteiger partial charge on any atom is -0.295 e. The third-order valence-corrected chi connectivity index (χ3v) is 4.26. The van der Waals surface area contributed by atoms with Crippen LogP contribution in [0.15, 0.2) is 52.3 Å². The van der Waals surface area contributed by atoms with Crippen LogP contribution in [-0.4, -0.2) is 27.8 Å². The fourth-order valence-electron chi connectivity index (χ4n) is 2.86. The number of aromatic nitrogens is 2. The summed E-state index contributed by atoms with van der Waals surface area (Å²) in [4.78, 5) is 40.2. The molecule has 1 aliphatic heterocycles. The first-order chi connectivity index (χ1) is 12.9. The number of aliphatic imine (C=N–C) groups is 1. The maximum Gasteiger partial charge on any atom is 0.280 e. The van der Waals surface area contributed by atoms with Gasteiger partial charge in [0.2, 0.25) is 0 Å². The Kier molecular flexibility index (Phi) is 3.80. The lowest BCUT2D eigenvalue weighted by Crippen LogP contribution is -2.19. The summed E-state index contributed by atoms with van der Waals surface area (Å²) in [6.45, 7) is 1.72. The maximum absolute atomic E-state index is 13.1. The number of imide groups is 1. The van der Waals surface area contributed by atoms with E-state index in [2.05, 4.69) is 15.4 Å². The zero-order valence-corrected chi connectivity index (χ0v) is 14.1. The Balaban J connectivity index is 1.69. The van der Waals surface area contributed by atoms with Crippen molar-refractivity contribution in [3.8, 4) is 5.69 Å². The van der Waals surface area contributed by atoms with Gasteiger partial charge in [0.25, 0.3) is 17.4 Å². The highest BCUT2D eigenvalue weighted by atomic mass is 19.1. The number of hydrogen-bond acceptors (Lipinski definition) is 4. The molecule has 0 bridgehead atoms. The summed E-state index contributed by atoms with van der Waals surface area (Å²) in [6, 6.07) is 10.1. The molecule has 0 radical (unpaired) electrons. The maximum atomic E-state index is 13.1. The van der Waals surface area contributed by atoms with Crippen LogP contribution < -0.4 is 10.9 Å². The molecule has 0 aliphatic carbocycles. The Morgan fingerprint density at radius 1 is 1.00 bits per heavy atom. The van der Waals surface area contributed by atoms with Gasteiger partial charge < -0.3 is 0 Å². The minimum absolute atomic E-state index is 0.254. The third kappa shape index (κ3) is 2.86. The fraction of sp³-hybridized carbons (Fsp3) is 0.0526. The number of aryl methyl sites for hydroxylation is 1. The second-order valence-corrected chi connectivity index (χ2v) is 6.04. The van der Waals surface area contributed by atoms with Crippen molar-refractivity contribution in [1.82, 2.24) is 15.1 Å². The number of benzene rings is 2. The van der Waals surface area contributed by atoms with E-state index in [1.165, 1.54) is 47.3 Å². The van der Waals surface area contributed by atoms with Gasteiger partial charge in [-0.25, -0.2) is 9.07 Å². The molecule has 7 nitrogen and oxygen atoms in total. The summed E-state index contributed by atoms with van der Waals surface area (Å²) >= 11 is 0. The summed E-state index contributed by atoms with van der Waals surface area (Å²) in [7, 11) is 0. The van der Waals surface area contributed by atoms with Gasteiger partial charge in [-0.2, -0.15) is 0 Å². The van der Waals surface area contributed by atoms with Gasteiger partial charge in [0, 0.05) is 11.9 Å². The number of aromatic amines is 1. The van der Waals surface area contributed by atoms with Crippen molar-refractivity contribution < 1.29 is 14.0 Å². The van der Waals surface area contributed by atoms with Crippen LogP contribution in [0.1, 0.15) is 32.0 Å². The highest BCUT2D eigenvalue weighted by molar-refractivity contribution is 6.21. The molecule has 1 aliphatic rings. The Labute approximate surface area is 152 Å². The van der Waals surface area contributed by atoms with E-state index in [1.807, 2.05) is 0 Å². The number of amides is 2. The van der Waals surface area contributed by atoms with Gasteiger partial charge >= 0.3 is 0 Å². The number of carbonyl (C=O) groups excluding carboxylic acids is 2. The van der Waals surface area contributed by atoms with Crippen LogP contribution in [0.2, 0.25) is 0 Å². The SMILES string of the molecule is Cc1[nH]n(-c2ccc(F)cc2)c(=O)c1C=Nc1ccc2c(c1)C(=O)NC2=O. The van der Waals surface area contributed by atoms with Crippen molar-refractivity contribution >= 4 is 23.7 Å². The summed E-state index contributed by atoms with van der Waals surface area (Å²) in [5.74, 6) is -1.30. The molecule has 1 aromatic heterocycles. The van der Waals surface area contributed by atoms with E-state index in [0.29, 0.717) is 28.2 Å². The number of fused-ring (bicyclic) bond motifs is 1. The van der Waals surface area contributed by atoms with Crippen molar-refractivity contribution in [3.05, 3.63) is 81.0 Å². The molecular formula is C19H13FN4O3. The summed E-state index contributed by atoms with van der Waals surface area (Å²) in [5.41, 5.74) is 2.07. The smallest absolute Gasteiger partial charge is 0.280 e. The molecule has 0 saturated carbocycles. The van der Waals surface area contributed by atoms with Crippen LogP contribution in [0, 0.1) is 12.7 Å². The number of rotatable bonds is 3. The van der Waals surface area contributed by atoms with Crippen LogP contribution in [0.5, 0.6) is 0 Å². The molecule has 0 saturated heterocycles. The topological polar surface area (TPSA) is 96.3 Å². The molecule has 2 heterocycles. The van der Waals surface area contributed by atoms with E-state index in [1.54, 1.807) is 13.0 Å². The molecule has 0 atom stereocenters. The fourth-order valence-corrected chi connectivity index (χ4v) is 2.86. The predicted molar refractivity (Wildman–Crippen MR) is 96.6 cm³/mol. The first-order valence-electron chi connectivity index (χ1n) is 8.05. The van der Waals surface area contributed by atoms with E-state index in [0.717, 1.165) is 0 Å². The van der Waals surface area contributed by atoms with Crippen LogP contribution in [0.3, 0.4) is 0 Å². The van der Waals surface area contributed by atoms with E-state index < -0.39 is 17.6 Å². The third-order valence-electron chi connectivity index (χ3n) is 4.26. The average molecular weight is 364 g/mol. The molecular weight excluding hydrogens is 351 g/mol. The zero-order chi connectivity index (χ0) is 19.1. The van der Waals surface area contributed by atoms with Crippen molar-refractivity contribution in [2.75, 3.05) is 0 Å². The number of nitrogens with one attached hydrogen (secondary N) is 2. The first-order valence-corrected chi connectivity index (χ1v) is 8.05. The lowest BCUT2D eigenvalue weighted by atomic mass is 10.1. The normalized spacial score (nSPS) is 13.3. The van der Waals surface area contributed by atoms with Gasteiger partial charge in [-0.15, -0.1) is 0 Å². The molecule has 2 amide bonds. The van der Waals surface area contributed by atoms with Crippen LogP contribution in [0.4, 0.5) is 10.1 Å².